The zero-order valence-electron chi connectivity index (χ0n) is 12.3. The third kappa shape index (κ3) is 4.05. The first-order valence-corrected chi connectivity index (χ1v) is 8.60. The average Bonchev–Trinajstić information content (AvgIpc) is 2.48. The van der Waals surface area contributed by atoms with E-state index in [1.54, 1.807) is 0 Å². The van der Waals surface area contributed by atoms with Gasteiger partial charge >= 0.3 is 0 Å². The van der Waals surface area contributed by atoms with Gasteiger partial charge in [0, 0.05) is 12.6 Å². The molecule has 4 nitrogen and oxygen atoms in total. The molecule has 0 saturated carbocycles. The summed E-state index contributed by atoms with van der Waals surface area (Å²) in [6, 6.07) is 6.34. The summed E-state index contributed by atoms with van der Waals surface area (Å²) >= 11 is 7.82. The third-order valence-electron chi connectivity index (χ3n) is 3.63. The second-order valence-corrected chi connectivity index (χ2v) is 6.23. The molecule has 1 heterocycles. The highest BCUT2D eigenvalue weighted by atomic mass is 35.5. The lowest BCUT2D eigenvalue weighted by molar-refractivity contribution is 0.485. The van der Waals surface area contributed by atoms with Gasteiger partial charge in [-0.25, -0.2) is 4.99 Å². The topological polar surface area (TPSA) is 51.4 Å². The summed E-state index contributed by atoms with van der Waals surface area (Å²) in [6.45, 7) is 3.29. The molecule has 112 valence electrons. The van der Waals surface area contributed by atoms with Gasteiger partial charge in [-0.1, -0.05) is 23.4 Å². The molecule has 0 bridgehead atoms. The first-order chi connectivity index (χ1) is 10.2. The summed E-state index contributed by atoms with van der Waals surface area (Å²) in [5.74, 6) is 0. The van der Waals surface area contributed by atoms with E-state index >= 15 is 0 Å². The van der Waals surface area contributed by atoms with E-state index in [-0.39, 0.29) is 0 Å². The van der Waals surface area contributed by atoms with E-state index in [0.717, 1.165) is 17.9 Å². The van der Waals surface area contributed by atoms with Gasteiger partial charge in [0.15, 0.2) is 11.4 Å². The van der Waals surface area contributed by atoms with Gasteiger partial charge in [-0.3, -0.25) is 5.32 Å². The fraction of sp³-hybridized carbons (Fsp3) is 0.467. The van der Waals surface area contributed by atoms with E-state index in [0.29, 0.717) is 16.2 Å². The molecule has 0 aromatic heterocycles. The second-order valence-electron chi connectivity index (χ2n) is 5.03. The fourth-order valence-corrected chi connectivity index (χ4v) is 3.17. The fourth-order valence-electron chi connectivity index (χ4n) is 2.54. The zero-order valence-corrected chi connectivity index (χ0v) is 13.8. The molecule has 0 aliphatic carbocycles. The molecule has 1 aliphatic rings. The summed E-state index contributed by atoms with van der Waals surface area (Å²) in [5, 5.41) is 12.5. The molecule has 21 heavy (non-hydrogen) atoms. The minimum atomic E-state index is 0.521. The summed E-state index contributed by atoms with van der Waals surface area (Å²) < 4.78 is 0. The van der Waals surface area contributed by atoms with Crippen LogP contribution in [0.3, 0.4) is 0 Å². The highest BCUT2D eigenvalue weighted by molar-refractivity contribution is 8.13. The Balaban J connectivity index is 2.23. The lowest BCUT2D eigenvalue weighted by Crippen LogP contribution is -2.37. The van der Waals surface area contributed by atoms with Gasteiger partial charge in [-0.2, -0.15) is 5.26 Å². The van der Waals surface area contributed by atoms with E-state index in [4.69, 9.17) is 16.9 Å². The number of aliphatic imine (C=N–C) groups is 1. The first kappa shape index (κ1) is 16.0. The van der Waals surface area contributed by atoms with E-state index in [2.05, 4.69) is 22.1 Å². The molecule has 1 saturated heterocycles. The third-order valence-corrected chi connectivity index (χ3v) is 4.51. The van der Waals surface area contributed by atoms with Crippen LogP contribution in [0.5, 0.6) is 0 Å². The summed E-state index contributed by atoms with van der Waals surface area (Å²) in [7, 11) is 0. The van der Waals surface area contributed by atoms with E-state index < -0.39 is 0 Å². The van der Waals surface area contributed by atoms with Crippen LogP contribution in [-0.4, -0.2) is 24.0 Å². The molecule has 0 amide bonds. The molecular formula is C15H19ClN4S. The SMILES string of the molecule is CSC(=Nc1ccc(N2CCCCC2C)c(Cl)c1)NC#N. The minimum Gasteiger partial charge on any atom is -0.368 e. The van der Waals surface area contributed by atoms with Crippen LogP contribution in [0.1, 0.15) is 26.2 Å². The quantitative estimate of drug-likeness (QED) is 0.385. The number of nitrogens with zero attached hydrogens (tertiary/aromatic N) is 3. The maximum absolute atomic E-state index is 8.66. The lowest BCUT2D eigenvalue weighted by atomic mass is 10.0. The van der Waals surface area contributed by atoms with E-state index in [1.807, 2.05) is 30.6 Å². The number of rotatable bonds is 2. The Labute approximate surface area is 135 Å². The van der Waals surface area contributed by atoms with Gasteiger partial charge in [0.2, 0.25) is 0 Å². The highest BCUT2D eigenvalue weighted by Gasteiger charge is 2.20. The van der Waals surface area contributed by atoms with Gasteiger partial charge in [0.05, 0.1) is 16.4 Å². The van der Waals surface area contributed by atoms with Crippen molar-refractivity contribution in [3.63, 3.8) is 0 Å². The number of amidine groups is 1. The Morgan fingerprint density at radius 2 is 2.33 bits per heavy atom. The van der Waals surface area contributed by atoms with Crippen molar-refractivity contribution in [3.8, 4) is 6.19 Å². The number of thioether (sulfide) groups is 1. The number of anilines is 1. The number of nitrogens with one attached hydrogen (secondary N) is 1. The van der Waals surface area contributed by atoms with Crippen LogP contribution in [0.4, 0.5) is 11.4 Å². The average molecular weight is 323 g/mol. The van der Waals surface area contributed by atoms with Gasteiger partial charge in [0.25, 0.3) is 0 Å². The van der Waals surface area contributed by atoms with E-state index in [9.17, 15) is 0 Å². The summed E-state index contributed by atoms with van der Waals surface area (Å²) in [5.41, 5.74) is 1.82. The smallest absolute Gasteiger partial charge is 0.183 e. The Kier molecular flexibility index (Phi) is 5.77. The number of hydrogen-bond donors (Lipinski definition) is 1. The van der Waals surface area contributed by atoms with Crippen molar-refractivity contribution in [1.29, 1.82) is 5.26 Å². The van der Waals surface area contributed by atoms with Gasteiger partial charge in [-0.15, -0.1) is 0 Å². The molecule has 1 N–H and O–H groups in total. The normalized spacial score (nSPS) is 19.2. The number of hydrogen-bond acceptors (Lipinski definition) is 4. The number of halogens is 1. The Bertz CT molecular complexity index is 567. The van der Waals surface area contributed by atoms with Crippen LogP contribution in [0.25, 0.3) is 0 Å². The monoisotopic (exact) mass is 322 g/mol. The van der Waals surface area contributed by atoms with Gasteiger partial charge in [-0.05, 0) is 50.6 Å². The minimum absolute atomic E-state index is 0.521. The molecule has 1 unspecified atom stereocenters. The molecule has 1 aromatic carbocycles. The summed E-state index contributed by atoms with van der Waals surface area (Å²) in [6.07, 6.45) is 7.45. The van der Waals surface area contributed by atoms with Crippen LogP contribution >= 0.6 is 23.4 Å². The molecule has 6 heteroatoms. The van der Waals surface area contributed by atoms with Crippen LogP contribution in [0.15, 0.2) is 23.2 Å². The van der Waals surface area contributed by atoms with Crippen molar-refractivity contribution in [2.45, 2.75) is 32.2 Å². The molecule has 1 aromatic rings. The summed E-state index contributed by atoms with van der Waals surface area (Å²) in [4.78, 5) is 6.74. The standard InChI is InChI=1S/C15H19ClN4S/c1-11-5-3-4-8-20(11)14-7-6-12(9-13(14)16)19-15(21-2)18-10-17/h6-7,9,11H,3-5,8H2,1-2H3,(H,18,19). The molecular weight excluding hydrogens is 304 g/mol. The largest absolute Gasteiger partial charge is 0.368 e. The molecule has 0 spiro atoms. The van der Waals surface area contributed by atoms with Crippen molar-refractivity contribution in [2.24, 2.45) is 4.99 Å². The Hall–Kier alpha value is -1.38. The van der Waals surface area contributed by atoms with Crippen LogP contribution in [0.2, 0.25) is 5.02 Å². The molecule has 0 radical (unpaired) electrons. The number of piperidine rings is 1. The van der Waals surface area contributed by atoms with Crippen molar-refractivity contribution in [2.75, 3.05) is 17.7 Å². The van der Waals surface area contributed by atoms with Gasteiger partial charge in [0.1, 0.15) is 0 Å². The Morgan fingerprint density at radius 3 is 2.95 bits per heavy atom. The van der Waals surface area contributed by atoms with E-state index in [1.165, 1.54) is 31.0 Å². The maximum Gasteiger partial charge on any atom is 0.183 e. The second kappa shape index (κ2) is 7.58. The number of nitriles is 1. The zero-order chi connectivity index (χ0) is 15.2. The highest BCUT2D eigenvalue weighted by Crippen LogP contribution is 2.34. The maximum atomic E-state index is 8.66. The van der Waals surface area contributed by atoms with Crippen molar-refractivity contribution >= 4 is 39.9 Å². The number of benzene rings is 1. The molecule has 1 atom stereocenters. The van der Waals surface area contributed by atoms with Gasteiger partial charge < -0.3 is 4.90 Å². The molecule has 1 fully saturated rings. The van der Waals surface area contributed by atoms with Crippen LogP contribution < -0.4 is 10.2 Å². The van der Waals surface area contributed by atoms with Crippen molar-refractivity contribution in [3.05, 3.63) is 23.2 Å². The predicted octanol–water partition coefficient (Wildman–Crippen LogP) is 4.14. The van der Waals surface area contributed by atoms with Crippen LogP contribution in [-0.2, 0) is 0 Å². The van der Waals surface area contributed by atoms with Crippen molar-refractivity contribution < 1.29 is 0 Å². The molecule has 2 rings (SSSR count). The predicted molar refractivity (Wildman–Crippen MR) is 91.5 cm³/mol. The van der Waals surface area contributed by atoms with Crippen LogP contribution in [0, 0.1) is 11.5 Å². The first-order valence-electron chi connectivity index (χ1n) is 6.99. The molecule has 1 aliphatic heterocycles. The van der Waals surface area contributed by atoms with Crippen molar-refractivity contribution in [1.82, 2.24) is 5.32 Å². The lowest BCUT2D eigenvalue weighted by Gasteiger charge is -2.36. The Morgan fingerprint density at radius 1 is 1.52 bits per heavy atom.